The van der Waals surface area contributed by atoms with Crippen LogP contribution in [0.15, 0.2) is 54.6 Å². The third kappa shape index (κ3) is 5.46. The Kier molecular flexibility index (Phi) is 7.01. The molecule has 4 rings (SSSR count). The molecule has 1 heterocycles. The van der Waals surface area contributed by atoms with Crippen LogP contribution in [0.5, 0.6) is 5.75 Å². The first-order valence-electron chi connectivity index (χ1n) is 11.5. The monoisotopic (exact) mass is 513 g/mol. The molecule has 0 saturated carbocycles. The Balaban J connectivity index is 1.70. The summed E-state index contributed by atoms with van der Waals surface area (Å²) in [5, 5.41) is 14.4. The van der Waals surface area contributed by atoms with Crippen molar-refractivity contribution in [1.82, 2.24) is 0 Å². The van der Waals surface area contributed by atoms with Gasteiger partial charge in [-0.15, -0.1) is 0 Å². The van der Waals surface area contributed by atoms with Gasteiger partial charge in [0.25, 0.3) is 5.91 Å². The summed E-state index contributed by atoms with van der Waals surface area (Å²) in [5.41, 5.74) is -1.27. The Morgan fingerprint density at radius 1 is 1.05 bits per heavy atom. The van der Waals surface area contributed by atoms with Gasteiger partial charge in [-0.2, -0.15) is 0 Å². The Hall–Kier alpha value is -3.85. The average molecular weight is 514 g/mol. The number of hydrogen-bond acceptors (Lipinski definition) is 5. The van der Waals surface area contributed by atoms with E-state index in [1.165, 1.54) is 43.5 Å². The normalized spacial score (nSPS) is 14.5. The molecular weight excluding hydrogens is 487 g/mol. The SMILES string of the molecule is COc1ccc(F)cc1C(C)(C)CC(O)(Cc1ccc(F)c(F)c1)C(=O)Nc1ccc2c(c1)COC2=O. The minimum Gasteiger partial charge on any atom is -0.496 e. The molecular formula is C28H26F3NO5. The number of hydrogen-bond donors (Lipinski definition) is 2. The first kappa shape index (κ1) is 26.2. The fourth-order valence-electron chi connectivity index (χ4n) is 4.70. The van der Waals surface area contributed by atoms with Crippen LogP contribution in [-0.4, -0.2) is 29.7 Å². The number of benzene rings is 3. The van der Waals surface area contributed by atoms with Crippen molar-refractivity contribution in [2.24, 2.45) is 0 Å². The topological polar surface area (TPSA) is 84.9 Å². The number of ether oxygens (including phenoxy) is 2. The highest BCUT2D eigenvalue weighted by molar-refractivity contribution is 5.99. The van der Waals surface area contributed by atoms with E-state index in [0.717, 1.165) is 12.1 Å². The molecule has 0 spiro atoms. The van der Waals surface area contributed by atoms with Crippen molar-refractivity contribution in [2.75, 3.05) is 12.4 Å². The lowest BCUT2D eigenvalue weighted by atomic mass is 9.72. The van der Waals surface area contributed by atoms with Gasteiger partial charge in [0, 0.05) is 23.2 Å². The van der Waals surface area contributed by atoms with Gasteiger partial charge in [-0.05, 0) is 65.9 Å². The predicted octanol–water partition coefficient (Wildman–Crippen LogP) is 5.06. The van der Waals surface area contributed by atoms with Crippen molar-refractivity contribution in [3.63, 3.8) is 0 Å². The summed E-state index contributed by atoms with van der Waals surface area (Å²) in [5.74, 6) is -3.61. The molecule has 194 valence electrons. The van der Waals surface area contributed by atoms with E-state index in [1.54, 1.807) is 19.9 Å². The van der Waals surface area contributed by atoms with E-state index in [-0.39, 0.29) is 25.0 Å². The third-order valence-electron chi connectivity index (χ3n) is 6.47. The molecule has 1 aliphatic heterocycles. The molecule has 0 aromatic heterocycles. The van der Waals surface area contributed by atoms with Gasteiger partial charge in [-0.25, -0.2) is 18.0 Å². The third-order valence-corrected chi connectivity index (χ3v) is 6.47. The Morgan fingerprint density at radius 3 is 2.51 bits per heavy atom. The molecule has 37 heavy (non-hydrogen) atoms. The lowest BCUT2D eigenvalue weighted by Gasteiger charge is -2.36. The zero-order valence-electron chi connectivity index (χ0n) is 20.5. The summed E-state index contributed by atoms with van der Waals surface area (Å²) in [7, 11) is 1.43. The molecule has 3 aromatic rings. The van der Waals surface area contributed by atoms with Gasteiger partial charge >= 0.3 is 5.97 Å². The van der Waals surface area contributed by atoms with Gasteiger partial charge in [-0.1, -0.05) is 19.9 Å². The highest BCUT2D eigenvalue weighted by Crippen LogP contribution is 2.40. The van der Waals surface area contributed by atoms with Crippen LogP contribution in [0.4, 0.5) is 18.9 Å². The van der Waals surface area contributed by atoms with Crippen LogP contribution < -0.4 is 10.1 Å². The molecule has 2 N–H and O–H groups in total. The van der Waals surface area contributed by atoms with Crippen LogP contribution in [0.1, 0.15) is 47.3 Å². The van der Waals surface area contributed by atoms with E-state index in [0.29, 0.717) is 28.1 Å². The van der Waals surface area contributed by atoms with Crippen molar-refractivity contribution >= 4 is 17.6 Å². The summed E-state index contributed by atoms with van der Waals surface area (Å²) in [4.78, 5) is 25.3. The molecule has 1 unspecified atom stereocenters. The number of methoxy groups -OCH3 is 1. The second-order valence-electron chi connectivity index (χ2n) is 9.76. The van der Waals surface area contributed by atoms with Crippen LogP contribution in [-0.2, 0) is 28.0 Å². The lowest BCUT2D eigenvalue weighted by molar-refractivity contribution is -0.136. The van der Waals surface area contributed by atoms with Crippen molar-refractivity contribution in [3.8, 4) is 5.75 Å². The summed E-state index contributed by atoms with van der Waals surface area (Å²) in [6, 6.07) is 11.7. The van der Waals surface area contributed by atoms with Gasteiger partial charge in [0.05, 0.1) is 12.7 Å². The number of carbonyl (C=O) groups is 2. The fraction of sp³-hybridized carbons (Fsp3) is 0.286. The zero-order chi connectivity index (χ0) is 27.0. The Morgan fingerprint density at radius 2 is 1.81 bits per heavy atom. The Bertz CT molecular complexity index is 1370. The van der Waals surface area contributed by atoms with Gasteiger partial charge < -0.3 is 19.9 Å². The highest BCUT2D eigenvalue weighted by atomic mass is 19.2. The van der Waals surface area contributed by atoms with Gasteiger partial charge in [0.1, 0.15) is 23.8 Å². The van der Waals surface area contributed by atoms with Crippen LogP contribution in [0.3, 0.4) is 0 Å². The van der Waals surface area contributed by atoms with E-state index >= 15 is 0 Å². The number of anilines is 1. The molecule has 1 atom stereocenters. The van der Waals surface area contributed by atoms with Crippen LogP contribution in [0.2, 0.25) is 0 Å². The number of rotatable bonds is 8. The predicted molar refractivity (Wildman–Crippen MR) is 130 cm³/mol. The van der Waals surface area contributed by atoms with Crippen LogP contribution in [0, 0.1) is 17.5 Å². The zero-order valence-corrected chi connectivity index (χ0v) is 20.5. The van der Waals surface area contributed by atoms with Crippen molar-refractivity contribution in [1.29, 1.82) is 0 Å². The second-order valence-corrected chi connectivity index (χ2v) is 9.76. The van der Waals surface area contributed by atoms with E-state index in [4.69, 9.17) is 9.47 Å². The van der Waals surface area contributed by atoms with E-state index in [9.17, 15) is 27.9 Å². The smallest absolute Gasteiger partial charge is 0.338 e. The summed E-state index contributed by atoms with van der Waals surface area (Å²) >= 11 is 0. The number of carbonyl (C=O) groups excluding carboxylic acids is 2. The standard InChI is InChI=1S/C28H26F3NO5/c1-27(2,21-12-18(29)5-9-24(21)36-3)15-28(35,13-16-4-8-22(30)23(31)10-16)26(34)32-19-6-7-20-17(11-19)14-37-25(20)33/h4-12,35H,13-15H2,1-3H3,(H,32,34). The van der Waals surface area contributed by atoms with Crippen molar-refractivity contribution in [2.45, 2.75) is 44.3 Å². The first-order valence-corrected chi connectivity index (χ1v) is 11.5. The number of esters is 1. The minimum atomic E-state index is -2.14. The number of fused-ring (bicyclic) bond motifs is 1. The quantitative estimate of drug-likeness (QED) is 0.411. The maximum absolute atomic E-state index is 14.1. The van der Waals surface area contributed by atoms with E-state index in [1.807, 2.05) is 0 Å². The first-order chi connectivity index (χ1) is 17.4. The van der Waals surface area contributed by atoms with E-state index < -0.39 is 40.3 Å². The largest absolute Gasteiger partial charge is 0.496 e. The Labute approximate surface area is 212 Å². The number of aliphatic hydroxyl groups is 1. The van der Waals surface area contributed by atoms with Gasteiger partial charge in [-0.3, -0.25) is 4.79 Å². The summed E-state index contributed by atoms with van der Waals surface area (Å²) in [6.45, 7) is 3.49. The molecule has 1 amide bonds. The van der Waals surface area contributed by atoms with Crippen molar-refractivity contribution in [3.05, 3.63) is 94.3 Å². The molecule has 1 aliphatic rings. The molecule has 0 saturated heterocycles. The highest BCUT2D eigenvalue weighted by Gasteiger charge is 2.43. The maximum atomic E-state index is 14.1. The minimum absolute atomic E-state index is 0.0589. The average Bonchev–Trinajstić information content (AvgIpc) is 3.21. The fourth-order valence-corrected chi connectivity index (χ4v) is 4.70. The number of amides is 1. The van der Waals surface area contributed by atoms with Crippen LogP contribution >= 0.6 is 0 Å². The summed E-state index contributed by atoms with van der Waals surface area (Å²) in [6.07, 6.45) is -0.583. The second kappa shape index (κ2) is 9.89. The van der Waals surface area contributed by atoms with Gasteiger partial charge in [0.15, 0.2) is 11.6 Å². The summed E-state index contributed by atoms with van der Waals surface area (Å²) < 4.78 is 52.0. The number of halogens is 3. The molecule has 0 bridgehead atoms. The molecule has 0 radical (unpaired) electrons. The van der Waals surface area contributed by atoms with Gasteiger partial charge in [0.2, 0.25) is 0 Å². The van der Waals surface area contributed by atoms with Crippen LogP contribution in [0.25, 0.3) is 0 Å². The van der Waals surface area contributed by atoms with E-state index in [2.05, 4.69) is 5.32 Å². The molecule has 9 heteroatoms. The molecule has 0 fully saturated rings. The molecule has 6 nitrogen and oxygen atoms in total. The maximum Gasteiger partial charge on any atom is 0.338 e. The number of nitrogens with one attached hydrogen (secondary N) is 1. The molecule has 0 aliphatic carbocycles. The van der Waals surface area contributed by atoms with Crippen molar-refractivity contribution < 1.29 is 37.3 Å². The molecule has 3 aromatic carbocycles. The number of cyclic esters (lactones) is 1. The lowest BCUT2D eigenvalue weighted by Crippen LogP contribution is -2.49.